The predicted octanol–water partition coefficient (Wildman–Crippen LogP) is 3.96. The number of carbonyl (C=O) groups is 2. The van der Waals surface area contributed by atoms with E-state index in [0.29, 0.717) is 23.3 Å². The first-order valence-electron chi connectivity index (χ1n) is 10.9. The number of esters is 1. The average molecular weight is 454 g/mol. The van der Waals surface area contributed by atoms with Gasteiger partial charge in [0.05, 0.1) is 36.0 Å². The van der Waals surface area contributed by atoms with Crippen molar-refractivity contribution in [1.29, 1.82) is 0 Å². The van der Waals surface area contributed by atoms with Gasteiger partial charge in [0, 0.05) is 13.1 Å². The summed E-state index contributed by atoms with van der Waals surface area (Å²) in [6, 6.07) is 12.1. The first kappa shape index (κ1) is 24.1. The molecule has 0 aliphatic rings. The van der Waals surface area contributed by atoms with Crippen LogP contribution < -0.4 is 5.56 Å². The Balaban J connectivity index is 2.14. The number of hydrogen-bond donors (Lipinski definition) is 0. The lowest BCUT2D eigenvalue weighted by Gasteiger charge is -2.32. The zero-order chi connectivity index (χ0) is 24.1. The Morgan fingerprint density at radius 2 is 1.76 bits per heavy atom. The number of carbonyl (C=O) groups excluding carboxylic acids is 2. The smallest absolute Gasteiger partial charge is 0.307 e. The number of para-hydroxylation sites is 1. The van der Waals surface area contributed by atoms with E-state index in [9.17, 15) is 18.8 Å². The molecule has 0 radical (unpaired) electrons. The molecule has 1 atom stereocenters. The molecular weight excluding hydrogens is 425 g/mol. The van der Waals surface area contributed by atoms with Crippen molar-refractivity contribution < 1.29 is 18.7 Å². The molecule has 0 saturated carbocycles. The third kappa shape index (κ3) is 5.27. The second-order valence-corrected chi connectivity index (χ2v) is 8.28. The molecule has 1 aromatic heterocycles. The molecule has 3 aromatic rings. The Kier molecular flexibility index (Phi) is 7.58. The zero-order valence-electron chi connectivity index (χ0n) is 19.2. The molecule has 0 aliphatic heterocycles. The minimum absolute atomic E-state index is 0.0262. The van der Waals surface area contributed by atoms with Gasteiger partial charge in [0.1, 0.15) is 11.6 Å². The maximum atomic E-state index is 14.4. The molecule has 8 heteroatoms. The zero-order valence-corrected chi connectivity index (χ0v) is 19.2. The summed E-state index contributed by atoms with van der Waals surface area (Å²) in [5, 5.41) is 0.411. The highest BCUT2D eigenvalue weighted by Gasteiger charge is 2.29. The Bertz CT molecular complexity index is 1220. The van der Waals surface area contributed by atoms with Crippen LogP contribution in [0, 0.1) is 11.7 Å². The molecule has 0 N–H and O–H groups in total. The van der Waals surface area contributed by atoms with Gasteiger partial charge in [-0.15, -0.1) is 0 Å². The summed E-state index contributed by atoms with van der Waals surface area (Å²) >= 11 is 0. The molecule has 3 rings (SSSR count). The largest absolute Gasteiger partial charge is 0.469 e. The van der Waals surface area contributed by atoms with E-state index in [1.54, 1.807) is 37.3 Å². The normalized spacial score (nSPS) is 12.1. The molecule has 174 valence electrons. The molecule has 1 unspecified atom stereocenters. The number of nitrogens with zero attached hydrogens (tertiary/aromatic N) is 3. The summed E-state index contributed by atoms with van der Waals surface area (Å²) in [5.41, 5.74) is 0.130. The summed E-state index contributed by atoms with van der Waals surface area (Å²) in [4.78, 5) is 44.7. The van der Waals surface area contributed by atoms with E-state index in [0.717, 1.165) is 0 Å². The predicted molar refractivity (Wildman–Crippen MR) is 123 cm³/mol. The molecule has 1 amide bonds. The summed E-state index contributed by atoms with van der Waals surface area (Å²) in [6.45, 7) is 6.03. The van der Waals surface area contributed by atoms with Crippen LogP contribution in [0.4, 0.5) is 4.39 Å². The van der Waals surface area contributed by atoms with Gasteiger partial charge < -0.3 is 9.64 Å². The quantitative estimate of drug-likeness (QED) is 0.482. The first-order chi connectivity index (χ1) is 15.7. The molecule has 7 nitrogen and oxygen atoms in total. The SMILES string of the molecule is COC(=O)CCn1c(C(C)N(CC(C)C)C(=O)c2ccccc2F)nc2ccccc2c1=O. The maximum Gasteiger partial charge on any atom is 0.307 e. The molecule has 0 spiro atoms. The van der Waals surface area contributed by atoms with Crippen molar-refractivity contribution in [2.45, 2.75) is 39.8 Å². The van der Waals surface area contributed by atoms with E-state index in [2.05, 4.69) is 4.98 Å². The summed E-state index contributed by atoms with van der Waals surface area (Å²) in [5.74, 6) is -1.16. The van der Waals surface area contributed by atoms with Gasteiger partial charge in [0.25, 0.3) is 11.5 Å². The van der Waals surface area contributed by atoms with Crippen molar-refractivity contribution in [3.05, 3.63) is 76.1 Å². The van der Waals surface area contributed by atoms with Gasteiger partial charge in [0.2, 0.25) is 0 Å². The molecule has 33 heavy (non-hydrogen) atoms. The number of ether oxygens (including phenoxy) is 1. The number of aromatic nitrogens is 2. The molecule has 0 fully saturated rings. The number of benzene rings is 2. The Morgan fingerprint density at radius 3 is 2.42 bits per heavy atom. The fourth-order valence-electron chi connectivity index (χ4n) is 3.76. The molecule has 0 bridgehead atoms. The van der Waals surface area contributed by atoms with Gasteiger partial charge in [-0.25, -0.2) is 9.37 Å². The van der Waals surface area contributed by atoms with Gasteiger partial charge in [-0.1, -0.05) is 38.1 Å². The third-order valence-electron chi connectivity index (χ3n) is 5.43. The van der Waals surface area contributed by atoms with Crippen molar-refractivity contribution in [1.82, 2.24) is 14.5 Å². The molecule has 0 aliphatic carbocycles. The number of methoxy groups -OCH3 is 1. The topological polar surface area (TPSA) is 81.5 Å². The van der Waals surface area contributed by atoms with E-state index in [-0.39, 0.29) is 30.0 Å². The van der Waals surface area contributed by atoms with Crippen molar-refractivity contribution in [2.24, 2.45) is 5.92 Å². The lowest BCUT2D eigenvalue weighted by molar-refractivity contribution is -0.140. The van der Waals surface area contributed by atoms with Crippen LogP contribution in [0.5, 0.6) is 0 Å². The van der Waals surface area contributed by atoms with E-state index >= 15 is 0 Å². The molecule has 1 heterocycles. The van der Waals surface area contributed by atoms with Crippen LogP contribution in [0.25, 0.3) is 10.9 Å². The minimum atomic E-state index is -0.658. The second kappa shape index (κ2) is 10.4. The van der Waals surface area contributed by atoms with E-state index < -0.39 is 23.7 Å². The highest BCUT2D eigenvalue weighted by Crippen LogP contribution is 2.24. The van der Waals surface area contributed by atoms with Crippen LogP contribution in [0.3, 0.4) is 0 Å². The van der Waals surface area contributed by atoms with Crippen molar-refractivity contribution in [2.75, 3.05) is 13.7 Å². The molecular formula is C25H28FN3O4. The fraction of sp³-hybridized carbons (Fsp3) is 0.360. The average Bonchev–Trinajstić information content (AvgIpc) is 2.81. The summed E-state index contributed by atoms with van der Waals surface area (Å²) in [6.07, 6.45) is -0.0262. The van der Waals surface area contributed by atoms with Gasteiger partial charge in [-0.05, 0) is 37.1 Å². The highest BCUT2D eigenvalue weighted by molar-refractivity contribution is 5.94. The van der Waals surface area contributed by atoms with E-state index in [4.69, 9.17) is 4.74 Å². The monoisotopic (exact) mass is 453 g/mol. The number of rotatable bonds is 8. The molecule has 0 saturated heterocycles. The Labute approximate surface area is 191 Å². The number of amides is 1. The van der Waals surface area contributed by atoms with Gasteiger partial charge in [-0.2, -0.15) is 0 Å². The summed E-state index contributed by atoms with van der Waals surface area (Å²) in [7, 11) is 1.28. The van der Waals surface area contributed by atoms with Crippen LogP contribution in [-0.2, 0) is 16.1 Å². The molecule has 2 aromatic carbocycles. The lowest BCUT2D eigenvalue weighted by Crippen LogP contribution is -2.40. The minimum Gasteiger partial charge on any atom is -0.469 e. The van der Waals surface area contributed by atoms with Crippen molar-refractivity contribution in [3.8, 4) is 0 Å². The van der Waals surface area contributed by atoms with Gasteiger partial charge >= 0.3 is 5.97 Å². The lowest BCUT2D eigenvalue weighted by atomic mass is 10.1. The van der Waals surface area contributed by atoms with Crippen LogP contribution in [0.2, 0.25) is 0 Å². The Hall–Kier alpha value is -3.55. The Morgan fingerprint density at radius 1 is 1.09 bits per heavy atom. The number of fused-ring (bicyclic) bond motifs is 1. The van der Waals surface area contributed by atoms with Crippen LogP contribution in [0.15, 0.2) is 53.3 Å². The van der Waals surface area contributed by atoms with Crippen LogP contribution >= 0.6 is 0 Å². The number of hydrogen-bond acceptors (Lipinski definition) is 5. The van der Waals surface area contributed by atoms with Crippen molar-refractivity contribution >= 4 is 22.8 Å². The second-order valence-electron chi connectivity index (χ2n) is 8.28. The maximum absolute atomic E-state index is 14.4. The fourth-order valence-corrected chi connectivity index (χ4v) is 3.76. The van der Waals surface area contributed by atoms with Gasteiger partial charge in [0.15, 0.2) is 0 Å². The van der Waals surface area contributed by atoms with Crippen LogP contribution in [0.1, 0.15) is 49.4 Å². The third-order valence-corrected chi connectivity index (χ3v) is 5.43. The highest BCUT2D eigenvalue weighted by atomic mass is 19.1. The first-order valence-corrected chi connectivity index (χ1v) is 10.9. The van der Waals surface area contributed by atoms with Crippen LogP contribution in [-0.4, -0.2) is 40.0 Å². The van der Waals surface area contributed by atoms with Gasteiger partial charge in [-0.3, -0.25) is 19.0 Å². The standard InChI is InChI=1S/C25H28FN3O4/c1-16(2)15-29(24(31)18-9-5-7-11-20(18)26)17(3)23-27-21-12-8-6-10-19(21)25(32)28(23)14-13-22(30)33-4/h5-12,16-17H,13-15H2,1-4H3. The summed E-state index contributed by atoms with van der Waals surface area (Å²) < 4.78 is 20.6. The van der Waals surface area contributed by atoms with E-state index in [1.807, 2.05) is 13.8 Å². The van der Waals surface area contributed by atoms with Crippen molar-refractivity contribution in [3.63, 3.8) is 0 Å². The number of halogens is 1. The van der Waals surface area contributed by atoms with E-state index in [1.165, 1.54) is 34.8 Å².